The first-order valence-electron chi connectivity index (χ1n) is 8.22. The van der Waals surface area contributed by atoms with Crippen LogP contribution in [0.4, 0.5) is 10.1 Å². The number of hydrogen-bond acceptors (Lipinski definition) is 2. The predicted molar refractivity (Wildman–Crippen MR) is 99.8 cm³/mol. The summed E-state index contributed by atoms with van der Waals surface area (Å²) in [5.41, 5.74) is 1.30. The summed E-state index contributed by atoms with van der Waals surface area (Å²) in [6.07, 6.45) is 1.10. The first kappa shape index (κ1) is 18.7. The van der Waals surface area contributed by atoms with Crippen LogP contribution in [0.25, 0.3) is 0 Å². The molecule has 1 fully saturated rings. The fraction of sp³-hybridized carbons (Fsp3) is 0.263. The number of benzene rings is 2. The Hall–Kier alpha value is -2.11. The Bertz CT molecular complexity index is 807. The third-order valence-electron chi connectivity index (χ3n) is 4.30. The highest BCUT2D eigenvalue weighted by atomic mass is 35.5. The molecule has 1 aliphatic rings. The number of carbonyl (C=O) groups excluding carboxylic acids is 2. The molecule has 0 radical (unpaired) electrons. The van der Waals surface area contributed by atoms with Crippen molar-refractivity contribution >= 4 is 40.7 Å². The van der Waals surface area contributed by atoms with Gasteiger partial charge in [0.15, 0.2) is 0 Å². The Labute approximate surface area is 160 Å². The van der Waals surface area contributed by atoms with Gasteiger partial charge in [0.05, 0.1) is 27.6 Å². The number of anilines is 1. The Morgan fingerprint density at radius 1 is 1.00 bits per heavy atom. The van der Waals surface area contributed by atoms with Crippen molar-refractivity contribution in [3.8, 4) is 0 Å². The first-order valence-corrected chi connectivity index (χ1v) is 8.98. The maximum absolute atomic E-state index is 12.9. The molecule has 2 atom stereocenters. The van der Waals surface area contributed by atoms with Gasteiger partial charge in [-0.2, -0.15) is 0 Å². The third-order valence-corrected chi connectivity index (χ3v) is 4.93. The molecule has 1 aliphatic carbocycles. The molecule has 2 aromatic carbocycles. The van der Waals surface area contributed by atoms with E-state index in [0.717, 1.165) is 5.56 Å². The van der Waals surface area contributed by atoms with E-state index in [2.05, 4.69) is 10.6 Å². The normalized spacial score (nSPS) is 18.3. The van der Waals surface area contributed by atoms with Gasteiger partial charge in [-0.3, -0.25) is 9.59 Å². The molecule has 0 heterocycles. The minimum Gasteiger partial charge on any atom is -0.356 e. The van der Waals surface area contributed by atoms with E-state index < -0.39 is 0 Å². The quantitative estimate of drug-likeness (QED) is 0.775. The standard InChI is InChI=1S/C19H17Cl2FN2O2/c20-15-2-1-3-16(21)17(15)24-19(26)14-10-13(14)18(25)23-9-8-11-4-6-12(22)7-5-11/h1-7,13-14H,8-10H2,(H,23,25)(H,24,26). The van der Waals surface area contributed by atoms with Crippen LogP contribution in [0.3, 0.4) is 0 Å². The van der Waals surface area contributed by atoms with Crippen molar-refractivity contribution in [2.75, 3.05) is 11.9 Å². The topological polar surface area (TPSA) is 58.2 Å². The number of nitrogens with one attached hydrogen (secondary N) is 2. The van der Waals surface area contributed by atoms with Crippen molar-refractivity contribution < 1.29 is 14.0 Å². The van der Waals surface area contributed by atoms with Crippen molar-refractivity contribution in [1.82, 2.24) is 5.32 Å². The van der Waals surface area contributed by atoms with Crippen LogP contribution in [0.15, 0.2) is 42.5 Å². The summed E-state index contributed by atoms with van der Waals surface area (Å²) < 4.78 is 12.9. The Morgan fingerprint density at radius 3 is 2.27 bits per heavy atom. The fourth-order valence-electron chi connectivity index (χ4n) is 2.72. The molecule has 2 amide bonds. The van der Waals surface area contributed by atoms with Crippen LogP contribution >= 0.6 is 23.2 Å². The molecule has 1 saturated carbocycles. The number of rotatable bonds is 6. The molecule has 0 spiro atoms. The van der Waals surface area contributed by atoms with Gasteiger partial charge in [-0.05, 0) is 42.7 Å². The van der Waals surface area contributed by atoms with Gasteiger partial charge in [0.1, 0.15) is 5.82 Å². The minimum absolute atomic E-state index is 0.155. The van der Waals surface area contributed by atoms with Crippen LogP contribution in [-0.4, -0.2) is 18.4 Å². The van der Waals surface area contributed by atoms with Gasteiger partial charge in [0, 0.05) is 6.54 Å². The molecule has 4 nitrogen and oxygen atoms in total. The van der Waals surface area contributed by atoms with E-state index in [9.17, 15) is 14.0 Å². The van der Waals surface area contributed by atoms with Gasteiger partial charge in [-0.25, -0.2) is 4.39 Å². The lowest BCUT2D eigenvalue weighted by Gasteiger charge is -2.09. The highest BCUT2D eigenvalue weighted by Gasteiger charge is 2.48. The van der Waals surface area contributed by atoms with E-state index in [4.69, 9.17) is 23.2 Å². The third kappa shape index (κ3) is 4.54. The monoisotopic (exact) mass is 394 g/mol. The van der Waals surface area contributed by atoms with Crippen molar-refractivity contribution in [3.63, 3.8) is 0 Å². The van der Waals surface area contributed by atoms with Crippen LogP contribution in [0, 0.1) is 17.7 Å². The lowest BCUT2D eigenvalue weighted by atomic mass is 10.1. The Kier molecular flexibility index (Phi) is 5.79. The molecular formula is C19H17Cl2FN2O2. The summed E-state index contributed by atoms with van der Waals surface area (Å²) >= 11 is 12.1. The van der Waals surface area contributed by atoms with Crippen molar-refractivity contribution in [2.45, 2.75) is 12.8 Å². The summed E-state index contributed by atoms with van der Waals surface area (Å²) in [5.74, 6) is -1.43. The van der Waals surface area contributed by atoms with Crippen LogP contribution in [0.1, 0.15) is 12.0 Å². The summed E-state index contributed by atoms with van der Waals surface area (Å²) in [7, 11) is 0. The summed E-state index contributed by atoms with van der Waals surface area (Å²) in [5, 5.41) is 6.22. The van der Waals surface area contributed by atoms with E-state index in [0.29, 0.717) is 35.1 Å². The van der Waals surface area contributed by atoms with Gasteiger partial charge in [0.25, 0.3) is 0 Å². The van der Waals surface area contributed by atoms with E-state index in [1.165, 1.54) is 12.1 Å². The second kappa shape index (κ2) is 8.06. The van der Waals surface area contributed by atoms with E-state index >= 15 is 0 Å². The molecule has 0 aliphatic heterocycles. The first-order chi connectivity index (χ1) is 12.5. The zero-order valence-electron chi connectivity index (χ0n) is 13.8. The predicted octanol–water partition coefficient (Wildman–Crippen LogP) is 4.07. The number of halogens is 3. The number of carbonyl (C=O) groups is 2. The highest BCUT2D eigenvalue weighted by molar-refractivity contribution is 6.39. The second-order valence-electron chi connectivity index (χ2n) is 6.20. The molecular weight excluding hydrogens is 378 g/mol. The lowest BCUT2D eigenvalue weighted by Crippen LogP contribution is -2.29. The minimum atomic E-state index is -0.381. The SMILES string of the molecule is O=C(NCCc1ccc(F)cc1)C1CC1C(=O)Nc1c(Cl)cccc1Cl. The van der Waals surface area contributed by atoms with Gasteiger partial charge in [-0.15, -0.1) is 0 Å². The van der Waals surface area contributed by atoms with Gasteiger partial charge < -0.3 is 10.6 Å². The smallest absolute Gasteiger partial charge is 0.228 e. The molecule has 7 heteroatoms. The molecule has 0 aromatic heterocycles. The zero-order valence-corrected chi connectivity index (χ0v) is 15.3. The molecule has 26 heavy (non-hydrogen) atoms. The Morgan fingerprint density at radius 2 is 1.62 bits per heavy atom. The average Bonchev–Trinajstić information content (AvgIpc) is 3.41. The molecule has 2 aromatic rings. The summed E-state index contributed by atoms with van der Waals surface area (Å²) in [6.45, 7) is 0.436. The van der Waals surface area contributed by atoms with E-state index in [-0.39, 0.29) is 29.5 Å². The molecule has 136 valence electrons. The van der Waals surface area contributed by atoms with Crippen molar-refractivity contribution in [2.24, 2.45) is 11.8 Å². The van der Waals surface area contributed by atoms with Crippen molar-refractivity contribution in [1.29, 1.82) is 0 Å². The molecule has 3 rings (SSSR count). The zero-order chi connectivity index (χ0) is 18.7. The highest BCUT2D eigenvalue weighted by Crippen LogP contribution is 2.40. The largest absolute Gasteiger partial charge is 0.356 e. The number of amides is 2. The van der Waals surface area contributed by atoms with Gasteiger partial charge in [0.2, 0.25) is 11.8 Å². The van der Waals surface area contributed by atoms with Crippen LogP contribution in [-0.2, 0) is 16.0 Å². The summed E-state index contributed by atoms with van der Waals surface area (Å²) in [6, 6.07) is 11.1. The van der Waals surface area contributed by atoms with Gasteiger partial charge in [-0.1, -0.05) is 41.4 Å². The molecule has 0 bridgehead atoms. The maximum Gasteiger partial charge on any atom is 0.228 e. The lowest BCUT2D eigenvalue weighted by molar-refractivity contribution is -0.125. The fourth-order valence-corrected chi connectivity index (χ4v) is 3.21. The molecule has 2 unspecified atom stereocenters. The van der Waals surface area contributed by atoms with Crippen LogP contribution in [0.5, 0.6) is 0 Å². The molecule has 0 saturated heterocycles. The van der Waals surface area contributed by atoms with Crippen LogP contribution in [0.2, 0.25) is 10.0 Å². The van der Waals surface area contributed by atoms with E-state index in [1.807, 2.05) is 0 Å². The second-order valence-corrected chi connectivity index (χ2v) is 7.02. The maximum atomic E-state index is 12.9. The van der Waals surface area contributed by atoms with E-state index in [1.54, 1.807) is 30.3 Å². The number of hydrogen-bond donors (Lipinski definition) is 2. The summed E-state index contributed by atoms with van der Waals surface area (Å²) in [4.78, 5) is 24.4. The van der Waals surface area contributed by atoms with Crippen molar-refractivity contribution in [3.05, 3.63) is 63.9 Å². The average molecular weight is 395 g/mol. The molecule has 2 N–H and O–H groups in total. The van der Waals surface area contributed by atoms with Crippen LogP contribution < -0.4 is 10.6 Å². The van der Waals surface area contributed by atoms with Gasteiger partial charge >= 0.3 is 0 Å². The Balaban J connectivity index is 1.46. The number of para-hydroxylation sites is 1.